The maximum absolute atomic E-state index is 12.6. The van der Waals surface area contributed by atoms with E-state index < -0.39 is 18.1 Å². The van der Waals surface area contributed by atoms with Crippen molar-refractivity contribution < 1.29 is 19.1 Å². The first-order valence-electron chi connectivity index (χ1n) is 7.45. The molecule has 6 nitrogen and oxygen atoms in total. The van der Waals surface area contributed by atoms with Gasteiger partial charge in [-0.1, -0.05) is 13.0 Å². The standard InChI is InChI=1S/C16H22N2O4/c1-5-12(16(20)21-9(2)3)18-14-11(17)7-6-8-13(14)22-10(4)15(18)19/h6-10,12H,5,17H2,1-4H3. The number of benzene rings is 1. The maximum atomic E-state index is 12.6. The molecule has 22 heavy (non-hydrogen) atoms. The Labute approximate surface area is 130 Å². The fraction of sp³-hybridized carbons (Fsp3) is 0.500. The number of anilines is 2. The molecular formula is C16H22N2O4. The van der Waals surface area contributed by atoms with E-state index in [4.69, 9.17) is 15.2 Å². The lowest BCUT2D eigenvalue weighted by Crippen LogP contribution is -2.53. The lowest BCUT2D eigenvalue weighted by molar-refractivity contribution is -0.150. The summed E-state index contributed by atoms with van der Waals surface area (Å²) in [7, 11) is 0. The monoisotopic (exact) mass is 306 g/mol. The number of hydrogen-bond donors (Lipinski definition) is 1. The molecule has 1 aliphatic heterocycles. The molecule has 0 fully saturated rings. The second-order valence-electron chi connectivity index (χ2n) is 5.57. The maximum Gasteiger partial charge on any atom is 0.329 e. The van der Waals surface area contributed by atoms with E-state index in [1.165, 1.54) is 4.90 Å². The summed E-state index contributed by atoms with van der Waals surface area (Å²) in [6.07, 6.45) is -0.490. The molecule has 1 heterocycles. The van der Waals surface area contributed by atoms with E-state index in [0.29, 0.717) is 23.5 Å². The molecular weight excluding hydrogens is 284 g/mol. The Bertz CT molecular complexity index is 586. The highest BCUT2D eigenvalue weighted by Gasteiger charge is 2.40. The molecule has 2 N–H and O–H groups in total. The number of nitrogen functional groups attached to an aromatic ring is 1. The van der Waals surface area contributed by atoms with Gasteiger partial charge < -0.3 is 15.2 Å². The first-order valence-corrected chi connectivity index (χ1v) is 7.45. The summed E-state index contributed by atoms with van der Waals surface area (Å²) in [4.78, 5) is 26.3. The fourth-order valence-electron chi connectivity index (χ4n) is 2.51. The quantitative estimate of drug-likeness (QED) is 0.680. The third-order valence-corrected chi connectivity index (χ3v) is 3.48. The van der Waals surface area contributed by atoms with Crippen LogP contribution in [-0.2, 0) is 14.3 Å². The molecule has 0 aliphatic carbocycles. The molecule has 1 aromatic carbocycles. The summed E-state index contributed by atoms with van der Waals surface area (Å²) in [5, 5.41) is 0. The third kappa shape index (κ3) is 2.86. The summed E-state index contributed by atoms with van der Waals surface area (Å²) >= 11 is 0. The van der Waals surface area contributed by atoms with Crippen LogP contribution in [0.5, 0.6) is 5.75 Å². The molecule has 1 aromatic rings. The van der Waals surface area contributed by atoms with Gasteiger partial charge >= 0.3 is 5.97 Å². The van der Waals surface area contributed by atoms with Gasteiger partial charge in [0.2, 0.25) is 0 Å². The van der Waals surface area contributed by atoms with E-state index >= 15 is 0 Å². The van der Waals surface area contributed by atoms with Gasteiger partial charge in [0.25, 0.3) is 5.91 Å². The molecule has 0 aromatic heterocycles. The zero-order chi connectivity index (χ0) is 16.4. The number of rotatable bonds is 4. The van der Waals surface area contributed by atoms with Gasteiger partial charge in [-0.3, -0.25) is 9.69 Å². The average molecular weight is 306 g/mol. The van der Waals surface area contributed by atoms with Crippen molar-refractivity contribution >= 4 is 23.3 Å². The van der Waals surface area contributed by atoms with Crippen molar-refractivity contribution in [3.05, 3.63) is 18.2 Å². The van der Waals surface area contributed by atoms with E-state index in [2.05, 4.69) is 0 Å². The molecule has 6 heteroatoms. The van der Waals surface area contributed by atoms with E-state index in [1.807, 2.05) is 6.92 Å². The van der Waals surface area contributed by atoms with Crippen LogP contribution in [0.4, 0.5) is 11.4 Å². The molecule has 2 atom stereocenters. The number of nitrogens with two attached hydrogens (primary N) is 1. The number of fused-ring (bicyclic) bond motifs is 1. The number of nitrogens with zero attached hydrogens (tertiary/aromatic N) is 1. The van der Waals surface area contributed by atoms with Crippen LogP contribution in [0, 0.1) is 0 Å². The molecule has 0 spiro atoms. The molecule has 120 valence electrons. The van der Waals surface area contributed by atoms with Gasteiger partial charge in [0.15, 0.2) is 6.10 Å². The molecule has 0 saturated heterocycles. The molecule has 1 aliphatic rings. The van der Waals surface area contributed by atoms with Gasteiger partial charge in [-0.15, -0.1) is 0 Å². The van der Waals surface area contributed by atoms with Crippen molar-refractivity contribution in [3.63, 3.8) is 0 Å². The predicted molar refractivity (Wildman–Crippen MR) is 83.7 cm³/mol. The van der Waals surface area contributed by atoms with Crippen molar-refractivity contribution in [1.29, 1.82) is 0 Å². The largest absolute Gasteiger partial charge is 0.479 e. The number of amides is 1. The second kappa shape index (κ2) is 6.25. The summed E-state index contributed by atoms with van der Waals surface area (Å²) in [5.41, 5.74) is 6.85. The Balaban J connectivity index is 2.47. The minimum atomic E-state index is -0.718. The smallest absolute Gasteiger partial charge is 0.329 e. The predicted octanol–water partition coefficient (Wildman–Crippen LogP) is 2.11. The van der Waals surface area contributed by atoms with Crippen LogP contribution in [0.3, 0.4) is 0 Å². The van der Waals surface area contributed by atoms with Gasteiger partial charge in [-0.05, 0) is 39.3 Å². The lowest BCUT2D eigenvalue weighted by Gasteiger charge is -2.37. The summed E-state index contributed by atoms with van der Waals surface area (Å²) < 4.78 is 10.9. The summed E-state index contributed by atoms with van der Waals surface area (Å²) in [5.74, 6) is -0.227. The fourth-order valence-corrected chi connectivity index (χ4v) is 2.51. The van der Waals surface area contributed by atoms with E-state index in [9.17, 15) is 9.59 Å². The first-order chi connectivity index (χ1) is 10.4. The zero-order valence-electron chi connectivity index (χ0n) is 13.3. The van der Waals surface area contributed by atoms with Crippen LogP contribution >= 0.6 is 0 Å². The van der Waals surface area contributed by atoms with Gasteiger partial charge in [0, 0.05) is 0 Å². The van der Waals surface area contributed by atoms with Gasteiger partial charge in [-0.25, -0.2) is 4.79 Å². The van der Waals surface area contributed by atoms with Crippen LogP contribution < -0.4 is 15.4 Å². The highest BCUT2D eigenvalue weighted by Crippen LogP contribution is 2.40. The van der Waals surface area contributed by atoms with Crippen LogP contribution in [0.15, 0.2) is 18.2 Å². The Hall–Kier alpha value is -2.24. The molecule has 0 radical (unpaired) electrons. The van der Waals surface area contributed by atoms with Crippen LogP contribution in [0.25, 0.3) is 0 Å². The average Bonchev–Trinajstić information content (AvgIpc) is 2.43. The summed E-state index contributed by atoms with van der Waals surface area (Å²) in [6.45, 7) is 7.04. The van der Waals surface area contributed by atoms with Crippen molar-refractivity contribution in [2.24, 2.45) is 0 Å². The van der Waals surface area contributed by atoms with Gasteiger partial charge in [0.05, 0.1) is 11.8 Å². The lowest BCUT2D eigenvalue weighted by atomic mass is 10.1. The topological polar surface area (TPSA) is 81.9 Å². The number of ether oxygens (including phenoxy) is 2. The van der Waals surface area contributed by atoms with Crippen LogP contribution in [-0.4, -0.2) is 30.1 Å². The van der Waals surface area contributed by atoms with Crippen LogP contribution in [0.2, 0.25) is 0 Å². The van der Waals surface area contributed by atoms with E-state index in [0.717, 1.165) is 0 Å². The van der Waals surface area contributed by atoms with E-state index in [-0.39, 0.29) is 12.0 Å². The number of carbonyl (C=O) groups excluding carboxylic acids is 2. The number of esters is 1. The Morgan fingerprint density at radius 2 is 2.14 bits per heavy atom. The molecule has 0 bridgehead atoms. The Morgan fingerprint density at radius 3 is 2.73 bits per heavy atom. The minimum absolute atomic E-state index is 0.247. The highest BCUT2D eigenvalue weighted by molar-refractivity contribution is 6.06. The van der Waals surface area contributed by atoms with Crippen molar-refractivity contribution in [1.82, 2.24) is 0 Å². The van der Waals surface area contributed by atoms with Crippen molar-refractivity contribution in [3.8, 4) is 5.75 Å². The third-order valence-electron chi connectivity index (χ3n) is 3.48. The molecule has 0 saturated carbocycles. The zero-order valence-corrected chi connectivity index (χ0v) is 13.3. The van der Waals surface area contributed by atoms with Gasteiger partial charge in [-0.2, -0.15) is 0 Å². The van der Waals surface area contributed by atoms with Crippen molar-refractivity contribution in [2.45, 2.75) is 52.4 Å². The minimum Gasteiger partial charge on any atom is -0.479 e. The molecule has 2 unspecified atom stereocenters. The summed E-state index contributed by atoms with van der Waals surface area (Å²) in [6, 6.07) is 4.45. The second-order valence-corrected chi connectivity index (χ2v) is 5.57. The highest BCUT2D eigenvalue weighted by atomic mass is 16.5. The number of hydrogen-bond acceptors (Lipinski definition) is 5. The van der Waals surface area contributed by atoms with Gasteiger partial charge in [0.1, 0.15) is 17.5 Å². The molecule has 1 amide bonds. The Morgan fingerprint density at radius 1 is 1.45 bits per heavy atom. The molecule has 2 rings (SSSR count). The number of para-hydroxylation sites is 1. The van der Waals surface area contributed by atoms with E-state index in [1.54, 1.807) is 39.0 Å². The van der Waals surface area contributed by atoms with Crippen molar-refractivity contribution in [2.75, 3.05) is 10.6 Å². The normalized spacial score (nSPS) is 18.7. The SMILES string of the molecule is CCC(C(=O)OC(C)C)N1C(=O)C(C)Oc2cccc(N)c21. The van der Waals surface area contributed by atoms with Crippen LogP contribution in [0.1, 0.15) is 34.1 Å². The number of carbonyl (C=O) groups is 2. The Kier molecular flexibility index (Phi) is 4.59. The first kappa shape index (κ1) is 16.1.